The Kier molecular flexibility index (Phi) is 3.08. The van der Waals surface area contributed by atoms with Gasteiger partial charge in [-0.2, -0.15) is 0 Å². The zero-order valence-corrected chi connectivity index (χ0v) is 9.35. The van der Waals surface area contributed by atoms with E-state index in [1.807, 2.05) is 30.3 Å². The van der Waals surface area contributed by atoms with Gasteiger partial charge in [0.05, 0.1) is 11.1 Å². The zero-order valence-electron chi connectivity index (χ0n) is 8.60. The minimum absolute atomic E-state index is 0.299. The van der Waals surface area contributed by atoms with Gasteiger partial charge in [-0.15, -0.1) is 0 Å². The van der Waals surface area contributed by atoms with Crippen molar-refractivity contribution in [3.05, 3.63) is 58.7 Å². The average molecular weight is 234 g/mol. The van der Waals surface area contributed by atoms with Gasteiger partial charge >= 0.3 is 0 Å². The topological polar surface area (TPSA) is 64.9 Å². The van der Waals surface area contributed by atoms with Crippen LogP contribution in [0.2, 0.25) is 5.02 Å². The molecule has 0 radical (unpaired) electrons. The van der Waals surface area contributed by atoms with Crippen LogP contribution in [0.1, 0.15) is 17.2 Å². The lowest BCUT2D eigenvalue weighted by molar-refractivity contribution is 0.868. The van der Waals surface area contributed by atoms with Crippen LogP contribution in [0.25, 0.3) is 0 Å². The maximum absolute atomic E-state index is 6.11. The number of nitrogen functional groups attached to an aromatic ring is 1. The molecule has 16 heavy (non-hydrogen) atoms. The van der Waals surface area contributed by atoms with Crippen molar-refractivity contribution in [2.75, 3.05) is 5.73 Å². The van der Waals surface area contributed by atoms with Crippen LogP contribution < -0.4 is 11.5 Å². The van der Waals surface area contributed by atoms with Crippen molar-refractivity contribution in [3.8, 4) is 0 Å². The van der Waals surface area contributed by atoms with Gasteiger partial charge in [0.1, 0.15) is 5.82 Å². The number of hydrogen-bond acceptors (Lipinski definition) is 3. The summed E-state index contributed by atoms with van der Waals surface area (Å²) in [5.41, 5.74) is 13.6. The molecule has 0 aliphatic rings. The molecule has 0 saturated heterocycles. The molecule has 3 nitrogen and oxygen atoms in total. The molecule has 4 N–H and O–H groups in total. The molecule has 0 aliphatic heterocycles. The number of halogens is 1. The predicted octanol–water partition coefficient (Wildman–Crippen LogP) is 2.37. The highest BCUT2D eigenvalue weighted by Crippen LogP contribution is 2.25. The summed E-state index contributed by atoms with van der Waals surface area (Å²) < 4.78 is 0. The van der Waals surface area contributed by atoms with Gasteiger partial charge in [-0.3, -0.25) is 0 Å². The molecule has 82 valence electrons. The summed E-state index contributed by atoms with van der Waals surface area (Å²) in [6.45, 7) is 0. The quantitative estimate of drug-likeness (QED) is 0.837. The van der Waals surface area contributed by atoms with Gasteiger partial charge in [0.15, 0.2) is 0 Å². The van der Waals surface area contributed by atoms with Gasteiger partial charge in [0.2, 0.25) is 0 Å². The Morgan fingerprint density at radius 2 is 1.88 bits per heavy atom. The standard InChI is InChI=1S/C12H12ClN3/c13-9-6-10(12(15)16-7-9)11(14)8-4-2-1-3-5-8/h1-7,11H,14H2,(H2,15,16). The monoisotopic (exact) mass is 233 g/mol. The molecule has 1 unspecified atom stereocenters. The van der Waals surface area contributed by atoms with Crippen LogP contribution in [0.4, 0.5) is 5.82 Å². The van der Waals surface area contributed by atoms with Crippen molar-refractivity contribution in [2.45, 2.75) is 6.04 Å². The molecule has 1 atom stereocenters. The van der Waals surface area contributed by atoms with E-state index in [0.717, 1.165) is 11.1 Å². The number of anilines is 1. The lowest BCUT2D eigenvalue weighted by atomic mass is 10.0. The maximum Gasteiger partial charge on any atom is 0.128 e. The van der Waals surface area contributed by atoms with E-state index in [9.17, 15) is 0 Å². The van der Waals surface area contributed by atoms with E-state index < -0.39 is 0 Å². The number of benzene rings is 1. The zero-order chi connectivity index (χ0) is 11.5. The van der Waals surface area contributed by atoms with Crippen LogP contribution in [-0.2, 0) is 0 Å². The molecule has 2 rings (SSSR count). The Morgan fingerprint density at radius 1 is 1.19 bits per heavy atom. The molecule has 1 heterocycles. The second-order valence-corrected chi connectivity index (χ2v) is 3.95. The first kappa shape index (κ1) is 10.9. The SMILES string of the molecule is Nc1ncc(Cl)cc1C(N)c1ccccc1. The van der Waals surface area contributed by atoms with Crippen LogP contribution in [0.5, 0.6) is 0 Å². The van der Waals surface area contributed by atoms with Crippen LogP contribution >= 0.6 is 11.6 Å². The van der Waals surface area contributed by atoms with Gasteiger partial charge in [0.25, 0.3) is 0 Å². The van der Waals surface area contributed by atoms with Gasteiger partial charge < -0.3 is 11.5 Å². The van der Waals surface area contributed by atoms with E-state index in [-0.39, 0.29) is 6.04 Å². The minimum Gasteiger partial charge on any atom is -0.383 e. The highest BCUT2D eigenvalue weighted by molar-refractivity contribution is 6.30. The Balaban J connectivity index is 2.41. The van der Waals surface area contributed by atoms with Crippen LogP contribution in [-0.4, -0.2) is 4.98 Å². The smallest absolute Gasteiger partial charge is 0.128 e. The lowest BCUT2D eigenvalue weighted by Crippen LogP contribution is -2.14. The average Bonchev–Trinajstić information content (AvgIpc) is 2.32. The number of rotatable bonds is 2. The van der Waals surface area contributed by atoms with Gasteiger partial charge in [-0.1, -0.05) is 41.9 Å². The number of pyridine rings is 1. The van der Waals surface area contributed by atoms with E-state index >= 15 is 0 Å². The second-order valence-electron chi connectivity index (χ2n) is 3.52. The lowest BCUT2D eigenvalue weighted by Gasteiger charge is -2.14. The molecule has 4 heteroatoms. The van der Waals surface area contributed by atoms with E-state index in [4.69, 9.17) is 23.1 Å². The van der Waals surface area contributed by atoms with Crippen LogP contribution in [0.15, 0.2) is 42.6 Å². The first-order chi connectivity index (χ1) is 7.68. The van der Waals surface area contributed by atoms with Gasteiger partial charge in [-0.05, 0) is 11.6 Å². The number of aromatic nitrogens is 1. The first-order valence-electron chi connectivity index (χ1n) is 4.90. The van der Waals surface area contributed by atoms with Crippen molar-refractivity contribution < 1.29 is 0 Å². The summed E-state index contributed by atoms with van der Waals surface area (Å²) in [4.78, 5) is 3.99. The highest BCUT2D eigenvalue weighted by atomic mass is 35.5. The summed E-state index contributed by atoms with van der Waals surface area (Å²) in [6.07, 6.45) is 1.51. The van der Waals surface area contributed by atoms with E-state index in [2.05, 4.69) is 4.98 Å². The molecule has 0 saturated carbocycles. The number of nitrogens with zero attached hydrogens (tertiary/aromatic N) is 1. The molecule has 0 bridgehead atoms. The Hall–Kier alpha value is -1.58. The molecule has 0 amide bonds. The molecule has 0 spiro atoms. The summed E-state index contributed by atoms with van der Waals surface area (Å²) in [6, 6.07) is 11.2. The third-order valence-corrected chi connectivity index (χ3v) is 2.62. The van der Waals surface area contributed by atoms with Crippen LogP contribution in [0.3, 0.4) is 0 Å². The molecule has 1 aromatic heterocycles. The molecule has 2 aromatic rings. The minimum atomic E-state index is -0.299. The Bertz CT molecular complexity index is 485. The number of hydrogen-bond donors (Lipinski definition) is 2. The van der Waals surface area contributed by atoms with E-state index in [1.165, 1.54) is 6.20 Å². The van der Waals surface area contributed by atoms with Crippen molar-refractivity contribution in [3.63, 3.8) is 0 Å². The largest absolute Gasteiger partial charge is 0.383 e. The van der Waals surface area contributed by atoms with E-state index in [1.54, 1.807) is 6.07 Å². The maximum atomic E-state index is 6.11. The predicted molar refractivity (Wildman–Crippen MR) is 66.1 cm³/mol. The fourth-order valence-electron chi connectivity index (χ4n) is 1.55. The molecule has 1 aromatic carbocycles. The normalized spacial score (nSPS) is 12.4. The second kappa shape index (κ2) is 4.51. The van der Waals surface area contributed by atoms with Crippen molar-refractivity contribution in [1.82, 2.24) is 4.98 Å². The number of nitrogens with two attached hydrogens (primary N) is 2. The van der Waals surface area contributed by atoms with Gasteiger partial charge in [0, 0.05) is 11.8 Å². The van der Waals surface area contributed by atoms with Crippen molar-refractivity contribution >= 4 is 17.4 Å². The van der Waals surface area contributed by atoms with Crippen molar-refractivity contribution in [1.29, 1.82) is 0 Å². The molecule has 0 aliphatic carbocycles. The summed E-state index contributed by atoms with van der Waals surface area (Å²) in [5, 5.41) is 0.538. The fraction of sp³-hybridized carbons (Fsp3) is 0.0833. The Morgan fingerprint density at radius 3 is 2.56 bits per heavy atom. The first-order valence-corrected chi connectivity index (χ1v) is 5.27. The summed E-state index contributed by atoms with van der Waals surface area (Å²) in [5.74, 6) is 0.417. The third kappa shape index (κ3) is 2.15. The van der Waals surface area contributed by atoms with E-state index in [0.29, 0.717) is 10.8 Å². The summed E-state index contributed by atoms with van der Waals surface area (Å²) in [7, 11) is 0. The molecular formula is C12H12ClN3. The fourth-order valence-corrected chi connectivity index (χ4v) is 1.72. The highest BCUT2D eigenvalue weighted by Gasteiger charge is 2.12. The summed E-state index contributed by atoms with van der Waals surface area (Å²) >= 11 is 5.87. The molecule has 0 fully saturated rings. The van der Waals surface area contributed by atoms with Gasteiger partial charge in [-0.25, -0.2) is 4.98 Å². The molecular weight excluding hydrogens is 222 g/mol. The third-order valence-electron chi connectivity index (χ3n) is 2.41. The van der Waals surface area contributed by atoms with Crippen LogP contribution in [0, 0.1) is 0 Å². The Labute approximate surface area is 99.1 Å². The van der Waals surface area contributed by atoms with Crippen molar-refractivity contribution in [2.24, 2.45) is 5.73 Å².